The topological polar surface area (TPSA) is 107 Å². The number of oxime groups is 1. The summed E-state index contributed by atoms with van der Waals surface area (Å²) in [6, 6.07) is 0. The number of carboxylic acid groups (broad SMARTS) is 2. The SMILES string of the molecule is O=C(O)C[C@@H](SC/C=N\O)C(=O)O. The van der Waals surface area contributed by atoms with E-state index >= 15 is 0 Å². The van der Waals surface area contributed by atoms with Gasteiger partial charge in [0.2, 0.25) is 0 Å². The fourth-order valence-electron chi connectivity index (χ4n) is 0.569. The third-order valence-corrected chi connectivity index (χ3v) is 2.20. The normalized spacial score (nSPS) is 12.9. The van der Waals surface area contributed by atoms with Gasteiger partial charge in [-0.15, -0.1) is 16.9 Å². The van der Waals surface area contributed by atoms with Gasteiger partial charge in [0.05, 0.1) is 12.6 Å². The Morgan fingerprint density at radius 1 is 1.46 bits per heavy atom. The minimum absolute atomic E-state index is 0.167. The Morgan fingerprint density at radius 2 is 2.08 bits per heavy atom. The molecular formula is C6H9NO5S. The summed E-state index contributed by atoms with van der Waals surface area (Å²) < 4.78 is 0. The van der Waals surface area contributed by atoms with Gasteiger partial charge in [-0.1, -0.05) is 0 Å². The monoisotopic (exact) mass is 207 g/mol. The number of carboxylic acids is 2. The van der Waals surface area contributed by atoms with Crippen molar-refractivity contribution in [2.45, 2.75) is 11.7 Å². The summed E-state index contributed by atoms with van der Waals surface area (Å²) in [6.45, 7) is 0. The highest BCUT2D eigenvalue weighted by atomic mass is 32.2. The summed E-state index contributed by atoms with van der Waals surface area (Å²) in [7, 11) is 0. The number of hydrogen-bond donors (Lipinski definition) is 3. The molecule has 7 heteroatoms. The number of hydrogen-bond acceptors (Lipinski definition) is 5. The summed E-state index contributed by atoms with van der Waals surface area (Å²) >= 11 is 0.893. The van der Waals surface area contributed by atoms with Crippen molar-refractivity contribution in [3.63, 3.8) is 0 Å². The highest BCUT2D eigenvalue weighted by molar-refractivity contribution is 8.01. The van der Waals surface area contributed by atoms with E-state index in [2.05, 4.69) is 5.16 Å². The molecule has 13 heavy (non-hydrogen) atoms. The van der Waals surface area contributed by atoms with Gasteiger partial charge < -0.3 is 15.4 Å². The lowest BCUT2D eigenvalue weighted by atomic mass is 10.3. The first kappa shape index (κ1) is 11.8. The second kappa shape index (κ2) is 6.30. The smallest absolute Gasteiger partial charge is 0.317 e. The molecule has 0 aliphatic rings. The van der Waals surface area contributed by atoms with Crippen LogP contribution in [0.15, 0.2) is 5.16 Å². The zero-order chi connectivity index (χ0) is 10.3. The molecule has 6 nitrogen and oxygen atoms in total. The van der Waals surface area contributed by atoms with Crippen LogP contribution in [0, 0.1) is 0 Å². The third kappa shape index (κ3) is 5.97. The van der Waals surface area contributed by atoms with Gasteiger partial charge in [-0.3, -0.25) is 9.59 Å². The molecule has 0 saturated heterocycles. The first-order valence-electron chi connectivity index (χ1n) is 3.30. The van der Waals surface area contributed by atoms with Crippen molar-refractivity contribution < 1.29 is 25.0 Å². The van der Waals surface area contributed by atoms with Crippen molar-refractivity contribution in [1.82, 2.24) is 0 Å². The fraction of sp³-hybridized carbons (Fsp3) is 0.500. The van der Waals surface area contributed by atoms with E-state index in [9.17, 15) is 9.59 Å². The Bertz CT molecular complexity index is 217. The van der Waals surface area contributed by atoms with Gasteiger partial charge in [-0.2, -0.15) is 0 Å². The van der Waals surface area contributed by atoms with Crippen LogP contribution >= 0.6 is 11.8 Å². The van der Waals surface area contributed by atoms with E-state index in [1.807, 2.05) is 0 Å². The largest absolute Gasteiger partial charge is 0.481 e. The zero-order valence-corrected chi connectivity index (χ0v) is 7.40. The van der Waals surface area contributed by atoms with Gasteiger partial charge in [0.25, 0.3) is 0 Å². The molecule has 0 aromatic rings. The van der Waals surface area contributed by atoms with Crippen LogP contribution < -0.4 is 0 Å². The fourth-order valence-corrected chi connectivity index (χ4v) is 1.36. The lowest BCUT2D eigenvalue weighted by Gasteiger charge is -2.06. The van der Waals surface area contributed by atoms with E-state index in [0.717, 1.165) is 18.0 Å². The van der Waals surface area contributed by atoms with Crippen LogP contribution in [0.5, 0.6) is 0 Å². The molecule has 0 saturated carbocycles. The minimum atomic E-state index is -1.18. The molecule has 0 bridgehead atoms. The Labute approximate surface area is 78.2 Å². The van der Waals surface area contributed by atoms with Crippen LogP contribution in [0.1, 0.15) is 6.42 Å². The summed E-state index contributed by atoms with van der Waals surface area (Å²) in [6.07, 6.45) is 0.654. The summed E-state index contributed by atoms with van der Waals surface area (Å²) in [4.78, 5) is 20.6. The van der Waals surface area contributed by atoms with Gasteiger partial charge in [-0.25, -0.2) is 0 Å². The molecule has 0 unspecified atom stereocenters. The Balaban J connectivity index is 3.95. The highest BCUT2D eigenvalue weighted by Gasteiger charge is 2.20. The zero-order valence-electron chi connectivity index (χ0n) is 6.58. The quantitative estimate of drug-likeness (QED) is 0.324. The van der Waals surface area contributed by atoms with E-state index in [0.29, 0.717) is 0 Å². The van der Waals surface area contributed by atoms with Crippen LogP contribution in [0.4, 0.5) is 0 Å². The standard InChI is InChI=1S/C6H9NO5S/c8-5(9)3-4(6(10)11)13-2-1-7-12/h1,4,12H,2-3H2,(H,8,9)(H,10,11)/b7-1-/t4-/m1/s1. The van der Waals surface area contributed by atoms with E-state index in [-0.39, 0.29) is 5.75 Å². The molecule has 0 aliphatic heterocycles. The van der Waals surface area contributed by atoms with Crippen molar-refractivity contribution in [1.29, 1.82) is 0 Å². The maximum Gasteiger partial charge on any atom is 0.317 e. The number of thioether (sulfide) groups is 1. The molecule has 3 N–H and O–H groups in total. The predicted octanol–water partition coefficient (Wildman–Crippen LogP) is 0.107. The van der Waals surface area contributed by atoms with Crippen LogP contribution in [0.2, 0.25) is 0 Å². The lowest BCUT2D eigenvalue weighted by molar-refractivity contribution is -0.142. The van der Waals surface area contributed by atoms with Crippen molar-refractivity contribution in [2.24, 2.45) is 5.16 Å². The second-order valence-corrected chi connectivity index (χ2v) is 3.29. The minimum Gasteiger partial charge on any atom is -0.481 e. The van der Waals surface area contributed by atoms with E-state index in [4.69, 9.17) is 15.4 Å². The molecule has 0 amide bonds. The molecule has 0 radical (unpaired) electrons. The predicted molar refractivity (Wildman–Crippen MR) is 46.4 cm³/mol. The average Bonchev–Trinajstić information content (AvgIpc) is 2.02. The molecule has 1 atom stereocenters. The molecule has 0 rings (SSSR count). The first-order chi connectivity index (χ1) is 6.07. The maximum absolute atomic E-state index is 10.4. The number of nitrogens with zero attached hydrogens (tertiary/aromatic N) is 1. The lowest BCUT2D eigenvalue weighted by Crippen LogP contribution is -2.20. The molecule has 74 valence electrons. The second-order valence-electron chi connectivity index (χ2n) is 2.06. The van der Waals surface area contributed by atoms with Gasteiger partial charge in [0, 0.05) is 5.75 Å². The van der Waals surface area contributed by atoms with Crippen LogP contribution in [-0.4, -0.2) is 44.6 Å². The van der Waals surface area contributed by atoms with E-state index in [1.54, 1.807) is 0 Å². The van der Waals surface area contributed by atoms with E-state index < -0.39 is 23.6 Å². The molecule has 0 fully saturated rings. The summed E-state index contributed by atoms with van der Waals surface area (Å²) in [5, 5.41) is 26.5. The average molecular weight is 207 g/mol. The Morgan fingerprint density at radius 3 is 2.46 bits per heavy atom. The van der Waals surface area contributed by atoms with E-state index in [1.165, 1.54) is 0 Å². The molecule has 0 heterocycles. The number of rotatable bonds is 6. The number of carbonyl (C=O) groups is 2. The molecule has 0 spiro atoms. The van der Waals surface area contributed by atoms with Crippen molar-refractivity contribution >= 4 is 29.9 Å². The van der Waals surface area contributed by atoms with Crippen LogP contribution in [0.3, 0.4) is 0 Å². The maximum atomic E-state index is 10.4. The number of aliphatic carboxylic acids is 2. The van der Waals surface area contributed by atoms with Crippen molar-refractivity contribution in [3.8, 4) is 0 Å². The molecule has 0 aliphatic carbocycles. The van der Waals surface area contributed by atoms with Crippen molar-refractivity contribution in [3.05, 3.63) is 0 Å². The van der Waals surface area contributed by atoms with Gasteiger partial charge in [0.15, 0.2) is 0 Å². The van der Waals surface area contributed by atoms with Crippen LogP contribution in [0.25, 0.3) is 0 Å². The van der Waals surface area contributed by atoms with Gasteiger partial charge in [0.1, 0.15) is 5.25 Å². The first-order valence-corrected chi connectivity index (χ1v) is 4.35. The molecule has 0 aromatic heterocycles. The van der Waals surface area contributed by atoms with Gasteiger partial charge in [-0.05, 0) is 0 Å². The summed E-state index contributed by atoms with van der Waals surface area (Å²) in [5.74, 6) is -2.18. The Kier molecular flexibility index (Phi) is 5.69. The highest BCUT2D eigenvalue weighted by Crippen LogP contribution is 2.13. The van der Waals surface area contributed by atoms with Crippen molar-refractivity contribution in [2.75, 3.05) is 5.75 Å². The third-order valence-electron chi connectivity index (χ3n) is 1.09. The Hall–Kier alpha value is -1.24. The molecular weight excluding hydrogens is 198 g/mol. The van der Waals surface area contributed by atoms with Crippen LogP contribution in [-0.2, 0) is 9.59 Å². The van der Waals surface area contributed by atoms with Gasteiger partial charge >= 0.3 is 11.9 Å². The molecule has 0 aromatic carbocycles. The summed E-state index contributed by atoms with van der Waals surface area (Å²) in [5.41, 5.74) is 0.